The topological polar surface area (TPSA) is 89.9 Å². The number of aryl methyl sites for hydroxylation is 1. The number of nitrogens with one attached hydrogen (secondary N) is 2. The van der Waals surface area contributed by atoms with E-state index in [2.05, 4.69) is 56.7 Å². The van der Waals surface area contributed by atoms with Crippen LogP contribution in [0.5, 0.6) is 0 Å². The third kappa shape index (κ3) is 7.89. The maximum atomic E-state index is 12.8. The van der Waals surface area contributed by atoms with Crippen LogP contribution in [-0.2, 0) is 16.6 Å². The summed E-state index contributed by atoms with van der Waals surface area (Å²) >= 11 is 0. The summed E-state index contributed by atoms with van der Waals surface area (Å²) in [6, 6.07) is 14.0. The number of aromatic nitrogens is 1. The first-order valence-corrected chi connectivity index (χ1v) is 12.3. The largest absolute Gasteiger partial charge is 0.357 e. The van der Waals surface area contributed by atoms with Gasteiger partial charge in [0.05, 0.1) is 12.3 Å². The molecule has 2 N–H and O–H groups in total. The Morgan fingerprint density at radius 1 is 1.06 bits per heavy atom. The van der Waals surface area contributed by atoms with E-state index in [1.807, 2.05) is 25.1 Å². The lowest BCUT2D eigenvalue weighted by Crippen LogP contribution is -2.50. The van der Waals surface area contributed by atoms with Gasteiger partial charge in [-0.2, -0.15) is 4.31 Å². The van der Waals surface area contributed by atoms with Crippen LogP contribution < -0.4 is 15.5 Å². The van der Waals surface area contributed by atoms with Gasteiger partial charge < -0.3 is 15.5 Å². The molecule has 1 saturated heterocycles. The lowest BCUT2D eigenvalue weighted by atomic mass is 10.1. The van der Waals surface area contributed by atoms with E-state index >= 15 is 0 Å². The first-order valence-electron chi connectivity index (χ1n) is 10.7. The van der Waals surface area contributed by atoms with Gasteiger partial charge in [-0.1, -0.05) is 35.9 Å². The molecule has 0 unspecified atom stereocenters. The van der Waals surface area contributed by atoms with Crippen molar-refractivity contribution in [2.75, 3.05) is 49.9 Å². The highest BCUT2D eigenvalue weighted by atomic mass is 127. The van der Waals surface area contributed by atoms with E-state index in [4.69, 9.17) is 0 Å². The number of anilines is 1. The van der Waals surface area contributed by atoms with Gasteiger partial charge in [-0.05, 0) is 31.5 Å². The number of hydrogen-bond donors (Lipinski definition) is 2. The minimum Gasteiger partial charge on any atom is -0.357 e. The van der Waals surface area contributed by atoms with Crippen LogP contribution in [0.2, 0.25) is 0 Å². The van der Waals surface area contributed by atoms with Crippen LogP contribution in [0.1, 0.15) is 18.1 Å². The van der Waals surface area contributed by atoms with E-state index in [1.165, 1.54) is 5.56 Å². The van der Waals surface area contributed by atoms with Crippen molar-refractivity contribution in [3.05, 3.63) is 59.8 Å². The van der Waals surface area contributed by atoms with E-state index in [0.717, 1.165) is 11.4 Å². The predicted octanol–water partition coefficient (Wildman–Crippen LogP) is 2.22. The number of guanidine groups is 1. The van der Waals surface area contributed by atoms with Crippen LogP contribution in [0.3, 0.4) is 0 Å². The molecular weight excluding hydrogens is 539 g/mol. The molecule has 0 spiro atoms. The van der Waals surface area contributed by atoms with E-state index in [1.54, 1.807) is 10.5 Å². The zero-order valence-corrected chi connectivity index (χ0v) is 21.8. The van der Waals surface area contributed by atoms with Gasteiger partial charge in [0.2, 0.25) is 10.0 Å². The molecular formula is C22H33IN6O2S. The zero-order chi connectivity index (χ0) is 22.1. The molecule has 0 aliphatic carbocycles. The SMILES string of the molecule is CCNC(=NCc1ccc(C)cc1)NCCS(=O)(=O)N1CCN(c2ccccn2)CC1.I. The summed E-state index contributed by atoms with van der Waals surface area (Å²) in [5.74, 6) is 1.55. The second-order valence-corrected chi connectivity index (χ2v) is 9.59. The van der Waals surface area contributed by atoms with Crippen LogP contribution in [0, 0.1) is 6.92 Å². The second kappa shape index (κ2) is 12.9. The molecule has 1 aliphatic heterocycles. The van der Waals surface area contributed by atoms with Crippen molar-refractivity contribution < 1.29 is 8.42 Å². The van der Waals surface area contributed by atoms with Crippen molar-refractivity contribution in [3.8, 4) is 0 Å². The molecule has 32 heavy (non-hydrogen) atoms. The maximum Gasteiger partial charge on any atom is 0.215 e. The molecule has 1 fully saturated rings. The first-order chi connectivity index (χ1) is 15.0. The Hall–Kier alpha value is -1.92. The van der Waals surface area contributed by atoms with Crippen molar-refractivity contribution >= 4 is 45.8 Å². The lowest BCUT2D eigenvalue weighted by Gasteiger charge is -2.34. The minimum absolute atomic E-state index is 0. The summed E-state index contributed by atoms with van der Waals surface area (Å²) in [6.07, 6.45) is 1.76. The molecule has 1 aromatic carbocycles. The van der Waals surface area contributed by atoms with Crippen LogP contribution >= 0.6 is 24.0 Å². The fourth-order valence-corrected chi connectivity index (χ4v) is 4.71. The van der Waals surface area contributed by atoms with Crippen LogP contribution in [0.25, 0.3) is 0 Å². The number of halogens is 1. The number of nitrogens with zero attached hydrogens (tertiary/aromatic N) is 4. The van der Waals surface area contributed by atoms with Crippen molar-refractivity contribution in [1.29, 1.82) is 0 Å². The summed E-state index contributed by atoms with van der Waals surface area (Å²) in [4.78, 5) is 11.0. The smallest absolute Gasteiger partial charge is 0.215 e. The third-order valence-electron chi connectivity index (χ3n) is 5.14. The Morgan fingerprint density at radius 2 is 1.78 bits per heavy atom. The average Bonchev–Trinajstić information content (AvgIpc) is 2.79. The monoisotopic (exact) mass is 572 g/mol. The highest BCUT2D eigenvalue weighted by Gasteiger charge is 2.27. The van der Waals surface area contributed by atoms with E-state index < -0.39 is 10.0 Å². The molecule has 10 heteroatoms. The molecule has 0 amide bonds. The number of rotatable bonds is 8. The quantitative estimate of drug-likeness (QED) is 0.287. The average molecular weight is 573 g/mol. The highest BCUT2D eigenvalue weighted by Crippen LogP contribution is 2.14. The number of sulfonamides is 1. The Kier molecular flexibility index (Phi) is 10.7. The summed E-state index contributed by atoms with van der Waals surface area (Å²) in [7, 11) is -3.33. The fraction of sp³-hybridized carbons (Fsp3) is 0.455. The lowest BCUT2D eigenvalue weighted by molar-refractivity contribution is 0.384. The van der Waals surface area contributed by atoms with E-state index in [9.17, 15) is 8.42 Å². The van der Waals surface area contributed by atoms with Gasteiger partial charge in [0.25, 0.3) is 0 Å². The third-order valence-corrected chi connectivity index (χ3v) is 7.01. The molecule has 0 atom stereocenters. The fourth-order valence-electron chi connectivity index (χ4n) is 3.37. The first kappa shape index (κ1) is 26.3. The number of piperazine rings is 1. The molecule has 2 heterocycles. The van der Waals surface area contributed by atoms with Gasteiger partial charge in [0.15, 0.2) is 5.96 Å². The normalized spacial score (nSPS) is 15.2. The minimum atomic E-state index is -3.33. The van der Waals surface area contributed by atoms with Crippen LogP contribution in [-0.4, -0.2) is 68.7 Å². The molecule has 0 bridgehead atoms. The standard InChI is InChI=1S/C22H32N6O2S.HI/c1-3-23-22(26-18-20-9-7-19(2)8-10-20)25-12-17-31(29,30)28-15-13-27(14-16-28)21-6-4-5-11-24-21;/h4-11H,3,12-18H2,1-2H3,(H2,23,25,26);1H. The number of pyridine rings is 1. The zero-order valence-electron chi connectivity index (χ0n) is 18.7. The summed E-state index contributed by atoms with van der Waals surface area (Å²) in [6.45, 7) is 7.83. The Morgan fingerprint density at radius 3 is 2.41 bits per heavy atom. The number of aliphatic imine (C=N–C) groups is 1. The van der Waals surface area contributed by atoms with Gasteiger partial charge in [-0.3, -0.25) is 0 Å². The van der Waals surface area contributed by atoms with Gasteiger partial charge in [-0.15, -0.1) is 24.0 Å². The Bertz CT molecular complexity index is 946. The summed E-state index contributed by atoms with van der Waals surface area (Å²) in [5.41, 5.74) is 2.32. The van der Waals surface area contributed by atoms with Crippen LogP contribution in [0.4, 0.5) is 5.82 Å². The molecule has 0 radical (unpaired) electrons. The van der Waals surface area contributed by atoms with Gasteiger partial charge in [0.1, 0.15) is 5.82 Å². The Labute approximate surface area is 208 Å². The molecule has 0 saturated carbocycles. The van der Waals surface area contributed by atoms with E-state index in [0.29, 0.717) is 51.8 Å². The highest BCUT2D eigenvalue weighted by molar-refractivity contribution is 14.0. The number of benzene rings is 1. The van der Waals surface area contributed by atoms with Gasteiger partial charge >= 0.3 is 0 Å². The summed E-state index contributed by atoms with van der Waals surface area (Å²) in [5, 5.41) is 6.32. The molecule has 176 valence electrons. The van der Waals surface area contributed by atoms with Crippen molar-refractivity contribution in [2.45, 2.75) is 20.4 Å². The maximum absolute atomic E-state index is 12.8. The molecule has 1 aromatic heterocycles. The molecule has 3 rings (SSSR count). The predicted molar refractivity (Wildman–Crippen MR) is 141 cm³/mol. The van der Waals surface area contributed by atoms with Crippen molar-refractivity contribution in [1.82, 2.24) is 19.9 Å². The number of hydrogen-bond acceptors (Lipinski definition) is 5. The van der Waals surface area contributed by atoms with Gasteiger partial charge in [0, 0.05) is 45.5 Å². The van der Waals surface area contributed by atoms with E-state index in [-0.39, 0.29) is 29.7 Å². The molecule has 1 aliphatic rings. The van der Waals surface area contributed by atoms with Crippen LogP contribution in [0.15, 0.2) is 53.7 Å². The molecule has 8 nitrogen and oxygen atoms in total. The van der Waals surface area contributed by atoms with Crippen molar-refractivity contribution in [3.63, 3.8) is 0 Å². The van der Waals surface area contributed by atoms with Gasteiger partial charge in [-0.25, -0.2) is 18.4 Å². The summed E-state index contributed by atoms with van der Waals surface area (Å²) < 4.78 is 27.1. The molecule has 2 aromatic rings. The second-order valence-electron chi connectivity index (χ2n) is 7.50. The van der Waals surface area contributed by atoms with Crippen molar-refractivity contribution in [2.24, 2.45) is 4.99 Å². The Balaban J connectivity index is 0.00000363.